The van der Waals surface area contributed by atoms with Crippen molar-refractivity contribution in [3.05, 3.63) is 58.5 Å². The number of hydrogen-bond acceptors (Lipinski definition) is 2. The van der Waals surface area contributed by atoms with Crippen LogP contribution in [-0.4, -0.2) is 5.91 Å². The molecule has 1 N–H and O–H groups in total. The Bertz CT molecular complexity index is 584. The first-order valence-electron chi connectivity index (χ1n) is 6.48. The van der Waals surface area contributed by atoms with Crippen molar-refractivity contribution in [3.63, 3.8) is 0 Å². The molecule has 106 valence electrons. The number of halogens is 1. The molecule has 2 aromatic rings. The summed E-state index contributed by atoms with van der Waals surface area (Å²) in [6.07, 6.45) is 1.49. The molecule has 1 aromatic carbocycles. The Kier molecular flexibility index (Phi) is 4.33. The summed E-state index contributed by atoms with van der Waals surface area (Å²) in [7, 11) is 0. The minimum Gasteiger partial charge on any atom is -0.457 e. The number of benzene rings is 1. The van der Waals surface area contributed by atoms with Gasteiger partial charge in [0, 0.05) is 0 Å². The van der Waals surface area contributed by atoms with Crippen LogP contribution < -0.4 is 5.32 Å². The van der Waals surface area contributed by atoms with Gasteiger partial charge in [-0.25, -0.2) is 0 Å². The third kappa shape index (κ3) is 3.31. The lowest BCUT2D eigenvalue weighted by Gasteiger charge is -2.32. The average molecular weight is 336 g/mol. The van der Waals surface area contributed by atoms with Crippen molar-refractivity contribution in [3.8, 4) is 0 Å². The molecular weight excluding hydrogens is 318 g/mol. The van der Waals surface area contributed by atoms with Crippen molar-refractivity contribution in [2.24, 2.45) is 5.41 Å². The van der Waals surface area contributed by atoms with Gasteiger partial charge < -0.3 is 9.73 Å². The fraction of sp³-hybridized carbons (Fsp3) is 0.312. The summed E-state index contributed by atoms with van der Waals surface area (Å²) in [5.74, 6) is -0.144. The number of furan rings is 1. The van der Waals surface area contributed by atoms with E-state index in [1.807, 2.05) is 30.3 Å². The van der Waals surface area contributed by atoms with Gasteiger partial charge in [-0.15, -0.1) is 0 Å². The highest BCUT2D eigenvalue weighted by Crippen LogP contribution is 2.33. The zero-order valence-corrected chi connectivity index (χ0v) is 13.4. The Balaban J connectivity index is 2.26. The summed E-state index contributed by atoms with van der Waals surface area (Å²) in [4.78, 5) is 12.4. The van der Waals surface area contributed by atoms with E-state index in [1.165, 1.54) is 6.26 Å². The quantitative estimate of drug-likeness (QED) is 0.893. The molecule has 0 saturated carbocycles. The second kappa shape index (κ2) is 5.83. The second-order valence-electron chi connectivity index (χ2n) is 5.79. The maximum Gasteiger partial charge on any atom is 0.256 e. The Morgan fingerprint density at radius 3 is 2.35 bits per heavy atom. The molecule has 4 heteroatoms. The summed E-state index contributed by atoms with van der Waals surface area (Å²) in [6.45, 7) is 6.32. The van der Waals surface area contributed by atoms with Crippen LogP contribution in [0, 0.1) is 5.41 Å². The lowest BCUT2D eigenvalue weighted by molar-refractivity contribution is 0.0900. The summed E-state index contributed by atoms with van der Waals surface area (Å²) in [5, 5.41) is 3.09. The molecule has 1 atom stereocenters. The van der Waals surface area contributed by atoms with E-state index in [0.717, 1.165) is 5.56 Å². The van der Waals surface area contributed by atoms with Gasteiger partial charge in [0.2, 0.25) is 0 Å². The number of hydrogen-bond donors (Lipinski definition) is 1. The van der Waals surface area contributed by atoms with Crippen molar-refractivity contribution in [2.45, 2.75) is 26.8 Å². The highest BCUT2D eigenvalue weighted by molar-refractivity contribution is 9.10. The van der Waals surface area contributed by atoms with Crippen LogP contribution in [0.1, 0.15) is 42.7 Å². The van der Waals surface area contributed by atoms with Gasteiger partial charge in [-0.3, -0.25) is 4.79 Å². The molecule has 1 heterocycles. The molecule has 0 saturated heterocycles. The van der Waals surface area contributed by atoms with Crippen molar-refractivity contribution < 1.29 is 9.21 Å². The number of carbonyl (C=O) groups excluding carboxylic acids is 1. The van der Waals surface area contributed by atoms with Gasteiger partial charge in [0.25, 0.3) is 5.91 Å². The van der Waals surface area contributed by atoms with Gasteiger partial charge in [-0.1, -0.05) is 51.1 Å². The van der Waals surface area contributed by atoms with Gasteiger partial charge in [0.05, 0.1) is 17.9 Å². The third-order valence-electron chi connectivity index (χ3n) is 3.14. The van der Waals surface area contributed by atoms with Crippen molar-refractivity contribution in [1.82, 2.24) is 5.32 Å². The predicted molar refractivity (Wildman–Crippen MR) is 82.5 cm³/mol. The molecule has 1 aromatic heterocycles. The summed E-state index contributed by atoms with van der Waals surface area (Å²) < 4.78 is 5.57. The van der Waals surface area contributed by atoms with Gasteiger partial charge in [-0.2, -0.15) is 0 Å². The zero-order chi connectivity index (χ0) is 14.8. The lowest BCUT2D eigenvalue weighted by Crippen LogP contribution is -2.36. The highest BCUT2D eigenvalue weighted by atomic mass is 79.9. The van der Waals surface area contributed by atoms with E-state index in [0.29, 0.717) is 10.2 Å². The molecule has 0 aliphatic rings. The molecule has 1 unspecified atom stereocenters. The molecular formula is C16H18BrNO2. The normalized spacial score (nSPS) is 13.0. The van der Waals surface area contributed by atoms with Crippen molar-refractivity contribution in [1.29, 1.82) is 0 Å². The standard InChI is InChI=1S/C16H18BrNO2/c1-16(2,3)13(11-7-5-4-6-8-11)18-15(19)12-9-10-20-14(12)17/h4-10,13H,1-3H3,(H,18,19). The van der Waals surface area contributed by atoms with Gasteiger partial charge in [0.1, 0.15) is 0 Å². The number of amides is 1. The predicted octanol–water partition coefficient (Wildman–Crippen LogP) is 4.56. The van der Waals surface area contributed by atoms with Crippen LogP contribution in [0.4, 0.5) is 0 Å². The van der Waals surface area contributed by atoms with Gasteiger partial charge >= 0.3 is 0 Å². The summed E-state index contributed by atoms with van der Waals surface area (Å²) >= 11 is 3.24. The number of rotatable bonds is 3. The third-order valence-corrected chi connectivity index (χ3v) is 3.75. The van der Waals surface area contributed by atoms with Crippen LogP contribution in [0.5, 0.6) is 0 Å². The van der Waals surface area contributed by atoms with E-state index in [4.69, 9.17) is 4.42 Å². The molecule has 2 rings (SSSR count). The van der Waals surface area contributed by atoms with Crippen molar-refractivity contribution >= 4 is 21.8 Å². The molecule has 20 heavy (non-hydrogen) atoms. The van der Waals surface area contributed by atoms with Crippen LogP contribution >= 0.6 is 15.9 Å². The molecule has 0 bridgehead atoms. The second-order valence-corrected chi connectivity index (χ2v) is 6.51. The van der Waals surface area contributed by atoms with Crippen LogP contribution in [0.3, 0.4) is 0 Å². The maximum absolute atomic E-state index is 12.4. The fourth-order valence-corrected chi connectivity index (χ4v) is 2.53. The largest absolute Gasteiger partial charge is 0.457 e. The van der Waals surface area contributed by atoms with Crippen LogP contribution in [0.15, 0.2) is 51.7 Å². The highest BCUT2D eigenvalue weighted by Gasteiger charge is 2.28. The number of nitrogens with one attached hydrogen (secondary N) is 1. The summed E-state index contributed by atoms with van der Waals surface area (Å²) in [5.41, 5.74) is 1.51. The van der Waals surface area contributed by atoms with Gasteiger partial charge in [-0.05, 0) is 33.0 Å². The Morgan fingerprint density at radius 2 is 1.85 bits per heavy atom. The van der Waals surface area contributed by atoms with E-state index < -0.39 is 0 Å². The summed E-state index contributed by atoms with van der Waals surface area (Å²) in [6, 6.07) is 11.6. The molecule has 0 radical (unpaired) electrons. The van der Waals surface area contributed by atoms with Gasteiger partial charge in [0.15, 0.2) is 4.67 Å². The first-order chi connectivity index (χ1) is 9.39. The first-order valence-corrected chi connectivity index (χ1v) is 7.27. The molecule has 0 aliphatic carbocycles. The minimum absolute atomic E-state index is 0.0713. The monoisotopic (exact) mass is 335 g/mol. The van der Waals surface area contributed by atoms with Crippen LogP contribution in [0.25, 0.3) is 0 Å². The Morgan fingerprint density at radius 1 is 1.20 bits per heavy atom. The Labute approximate surface area is 127 Å². The van der Waals surface area contributed by atoms with Crippen LogP contribution in [-0.2, 0) is 0 Å². The van der Waals surface area contributed by atoms with E-state index in [2.05, 4.69) is 42.0 Å². The van der Waals surface area contributed by atoms with Crippen LogP contribution in [0.2, 0.25) is 0 Å². The molecule has 0 spiro atoms. The maximum atomic E-state index is 12.4. The van der Waals surface area contributed by atoms with E-state index >= 15 is 0 Å². The lowest BCUT2D eigenvalue weighted by atomic mass is 9.82. The molecule has 1 amide bonds. The topological polar surface area (TPSA) is 42.2 Å². The fourth-order valence-electron chi connectivity index (χ4n) is 2.11. The Hall–Kier alpha value is -1.55. The smallest absolute Gasteiger partial charge is 0.256 e. The minimum atomic E-state index is -0.144. The van der Waals surface area contributed by atoms with Crippen molar-refractivity contribution in [2.75, 3.05) is 0 Å². The SMILES string of the molecule is CC(C)(C)C(NC(=O)c1ccoc1Br)c1ccccc1. The molecule has 0 aliphatic heterocycles. The molecule has 3 nitrogen and oxygen atoms in total. The zero-order valence-electron chi connectivity index (χ0n) is 11.8. The first kappa shape index (κ1) is 14.9. The number of carbonyl (C=O) groups is 1. The molecule has 0 fully saturated rings. The van der Waals surface area contributed by atoms with E-state index in [-0.39, 0.29) is 17.4 Å². The van der Waals surface area contributed by atoms with E-state index in [1.54, 1.807) is 6.07 Å². The van der Waals surface area contributed by atoms with E-state index in [9.17, 15) is 4.79 Å². The average Bonchev–Trinajstić information content (AvgIpc) is 2.82.